The summed E-state index contributed by atoms with van der Waals surface area (Å²) in [4.78, 5) is 4.70. The fourth-order valence-electron chi connectivity index (χ4n) is 3.42. The van der Waals surface area contributed by atoms with Crippen LogP contribution in [0.1, 0.15) is 11.3 Å². The van der Waals surface area contributed by atoms with Gasteiger partial charge in [-0.15, -0.1) is 0 Å². The zero-order valence-electron chi connectivity index (χ0n) is 14.3. The summed E-state index contributed by atoms with van der Waals surface area (Å²) < 4.78 is 14.2. The number of aryl methyl sites for hydroxylation is 3. The average Bonchev–Trinajstić information content (AvgIpc) is 3.13. The van der Waals surface area contributed by atoms with Gasteiger partial charge in [-0.25, -0.2) is 4.57 Å². The van der Waals surface area contributed by atoms with Gasteiger partial charge >= 0.3 is 5.82 Å². The van der Waals surface area contributed by atoms with Crippen LogP contribution in [-0.2, 0) is 7.05 Å². The van der Waals surface area contributed by atoms with Crippen LogP contribution in [0.3, 0.4) is 0 Å². The van der Waals surface area contributed by atoms with Crippen molar-refractivity contribution in [3.63, 3.8) is 0 Å². The van der Waals surface area contributed by atoms with Crippen LogP contribution in [0.4, 0.5) is 0 Å². The number of benzene rings is 2. The summed E-state index contributed by atoms with van der Waals surface area (Å²) in [6, 6.07) is 14.2. The Morgan fingerprint density at radius 2 is 1.64 bits per heavy atom. The van der Waals surface area contributed by atoms with E-state index in [4.69, 9.17) is 13.8 Å². The van der Waals surface area contributed by atoms with Gasteiger partial charge < -0.3 is 8.83 Å². The van der Waals surface area contributed by atoms with E-state index in [9.17, 15) is 0 Å². The summed E-state index contributed by atoms with van der Waals surface area (Å²) in [6.07, 6.45) is 2.03. The van der Waals surface area contributed by atoms with Crippen molar-refractivity contribution in [2.45, 2.75) is 13.8 Å². The van der Waals surface area contributed by atoms with Gasteiger partial charge in [0.15, 0.2) is 16.9 Å². The van der Waals surface area contributed by atoms with Gasteiger partial charge in [-0.1, -0.05) is 12.1 Å². The van der Waals surface area contributed by atoms with E-state index in [-0.39, 0.29) is 0 Å². The Kier molecular flexibility index (Phi) is 2.80. The Balaban J connectivity index is 1.84. The average molecular weight is 329 g/mol. The molecule has 0 unspecified atom stereocenters. The fourth-order valence-corrected chi connectivity index (χ4v) is 3.42. The Morgan fingerprint density at radius 1 is 0.880 bits per heavy atom. The predicted molar refractivity (Wildman–Crippen MR) is 97.4 cm³/mol. The Bertz CT molecular complexity index is 1280. The second kappa shape index (κ2) is 4.93. The van der Waals surface area contributed by atoms with Crippen molar-refractivity contribution in [3.8, 4) is 11.4 Å². The minimum absolute atomic E-state index is 0.809. The summed E-state index contributed by atoms with van der Waals surface area (Å²) in [5.41, 5.74) is 6.50. The highest BCUT2D eigenvalue weighted by molar-refractivity contribution is 6.13. The van der Waals surface area contributed by atoms with Gasteiger partial charge in [0.2, 0.25) is 0 Å². The molecule has 0 atom stereocenters. The first-order valence-corrected chi connectivity index (χ1v) is 8.30. The number of aromatic nitrogens is 2. The van der Waals surface area contributed by atoms with Gasteiger partial charge in [0.25, 0.3) is 0 Å². The van der Waals surface area contributed by atoms with E-state index in [2.05, 4.69) is 19.1 Å². The third-order valence-corrected chi connectivity index (χ3v) is 4.73. The number of rotatable bonds is 1. The first kappa shape index (κ1) is 14.2. The minimum atomic E-state index is 0.809. The molecule has 25 heavy (non-hydrogen) atoms. The van der Waals surface area contributed by atoms with Crippen LogP contribution in [0.25, 0.3) is 44.5 Å². The van der Waals surface area contributed by atoms with Gasteiger partial charge in [0, 0.05) is 13.0 Å². The van der Waals surface area contributed by atoms with Crippen molar-refractivity contribution in [2.24, 2.45) is 7.05 Å². The Labute approximate surface area is 144 Å². The zero-order chi connectivity index (χ0) is 17.1. The van der Waals surface area contributed by atoms with Crippen LogP contribution in [-0.4, -0.2) is 4.98 Å². The van der Waals surface area contributed by atoms with Gasteiger partial charge in [0.1, 0.15) is 11.2 Å². The smallest absolute Gasteiger partial charge is 0.330 e. The molecule has 0 N–H and O–H groups in total. The topological polar surface area (TPSA) is 43.0 Å². The summed E-state index contributed by atoms with van der Waals surface area (Å²) in [5.74, 6) is 0.928. The van der Waals surface area contributed by atoms with E-state index in [0.29, 0.717) is 0 Å². The number of hydrogen-bond donors (Lipinski definition) is 0. The standard InChI is InChI=1S/C21H17N2O2/c1-12-10-16-18(11-15(12)21-22-13(2)8-9-23(21)3)25-19-14-6-4-5-7-17(14)24-20(16)19/h4-11H,1-3H3/q+1. The highest BCUT2D eigenvalue weighted by Crippen LogP contribution is 2.38. The van der Waals surface area contributed by atoms with Crippen molar-refractivity contribution in [2.75, 3.05) is 0 Å². The summed E-state index contributed by atoms with van der Waals surface area (Å²) >= 11 is 0. The third-order valence-electron chi connectivity index (χ3n) is 4.73. The zero-order valence-corrected chi connectivity index (χ0v) is 14.3. The number of nitrogens with zero attached hydrogens (tertiary/aromatic N) is 2. The summed E-state index contributed by atoms with van der Waals surface area (Å²) in [5, 5.41) is 2.01. The Morgan fingerprint density at radius 3 is 2.52 bits per heavy atom. The highest BCUT2D eigenvalue weighted by Gasteiger charge is 2.21. The molecule has 0 aliphatic heterocycles. The van der Waals surface area contributed by atoms with Crippen LogP contribution in [0, 0.1) is 13.8 Å². The maximum Gasteiger partial charge on any atom is 0.330 e. The molecule has 4 nitrogen and oxygen atoms in total. The summed E-state index contributed by atoms with van der Waals surface area (Å²) in [6.45, 7) is 4.10. The molecule has 5 aromatic rings. The van der Waals surface area contributed by atoms with E-state index in [1.807, 2.05) is 55.1 Å². The van der Waals surface area contributed by atoms with E-state index < -0.39 is 0 Å². The van der Waals surface area contributed by atoms with Gasteiger partial charge in [-0.3, -0.25) is 0 Å². The molecule has 3 heterocycles. The molecule has 0 fully saturated rings. The molecule has 0 aliphatic rings. The normalized spacial score (nSPS) is 11.8. The van der Waals surface area contributed by atoms with Gasteiger partial charge in [-0.05, 0) is 41.7 Å². The molecule has 0 saturated heterocycles. The lowest BCUT2D eigenvalue weighted by molar-refractivity contribution is -0.663. The summed E-state index contributed by atoms with van der Waals surface area (Å²) in [7, 11) is 2.01. The fraction of sp³-hybridized carbons (Fsp3) is 0.143. The van der Waals surface area contributed by atoms with E-state index in [0.717, 1.165) is 55.7 Å². The molecule has 3 aromatic heterocycles. The first-order chi connectivity index (χ1) is 12.1. The van der Waals surface area contributed by atoms with Crippen LogP contribution in [0.2, 0.25) is 0 Å². The number of para-hydroxylation sites is 1. The van der Waals surface area contributed by atoms with Crippen molar-refractivity contribution in [3.05, 3.63) is 59.9 Å². The maximum absolute atomic E-state index is 6.16. The van der Waals surface area contributed by atoms with Crippen LogP contribution < -0.4 is 4.57 Å². The lowest BCUT2D eigenvalue weighted by Gasteiger charge is -2.03. The van der Waals surface area contributed by atoms with E-state index in [1.165, 1.54) is 0 Å². The molecular formula is C21H17N2O2+. The molecule has 122 valence electrons. The number of fused-ring (bicyclic) bond motifs is 5. The van der Waals surface area contributed by atoms with Crippen molar-refractivity contribution < 1.29 is 13.4 Å². The number of furan rings is 2. The van der Waals surface area contributed by atoms with Crippen molar-refractivity contribution in [1.82, 2.24) is 4.98 Å². The SMILES string of the molecule is Cc1cc[n+](C)c(-c2cc3oc4c5ccccc5oc4c3cc2C)n1. The van der Waals surface area contributed by atoms with Gasteiger partial charge in [-0.2, -0.15) is 0 Å². The lowest BCUT2D eigenvalue weighted by atomic mass is 10.1. The minimum Gasteiger partial charge on any atom is -0.452 e. The molecule has 0 amide bonds. The second-order valence-electron chi connectivity index (χ2n) is 6.53. The molecule has 2 aromatic carbocycles. The van der Waals surface area contributed by atoms with E-state index >= 15 is 0 Å². The molecule has 5 rings (SSSR count). The first-order valence-electron chi connectivity index (χ1n) is 8.30. The molecule has 0 saturated carbocycles. The molecule has 0 radical (unpaired) electrons. The van der Waals surface area contributed by atoms with Gasteiger partial charge in [0.05, 0.1) is 29.6 Å². The third kappa shape index (κ3) is 2.00. The molecule has 0 bridgehead atoms. The van der Waals surface area contributed by atoms with Crippen LogP contribution in [0.5, 0.6) is 0 Å². The maximum atomic E-state index is 6.16. The Hall–Kier alpha value is -3.14. The molecule has 0 aliphatic carbocycles. The highest BCUT2D eigenvalue weighted by atomic mass is 16.4. The molecule has 4 heteroatoms. The van der Waals surface area contributed by atoms with Crippen LogP contribution in [0.15, 0.2) is 57.5 Å². The lowest BCUT2D eigenvalue weighted by Crippen LogP contribution is -2.32. The second-order valence-corrected chi connectivity index (χ2v) is 6.53. The van der Waals surface area contributed by atoms with Crippen LogP contribution >= 0.6 is 0 Å². The predicted octanol–water partition coefficient (Wildman–Crippen LogP) is 4.84. The molecule has 0 spiro atoms. The largest absolute Gasteiger partial charge is 0.452 e. The van der Waals surface area contributed by atoms with Crippen molar-refractivity contribution >= 4 is 33.1 Å². The monoisotopic (exact) mass is 329 g/mol. The quantitative estimate of drug-likeness (QED) is 0.413. The van der Waals surface area contributed by atoms with E-state index in [1.54, 1.807) is 0 Å². The number of hydrogen-bond acceptors (Lipinski definition) is 3. The van der Waals surface area contributed by atoms with Crippen molar-refractivity contribution in [1.29, 1.82) is 0 Å². The molecular weight excluding hydrogens is 312 g/mol.